The number of carbonyl (C=O) groups is 2. The minimum atomic E-state index is -0.662. The van der Waals surface area contributed by atoms with Crippen LogP contribution in [0.2, 0.25) is 0 Å². The Morgan fingerprint density at radius 2 is 0.566 bits per heavy atom. The van der Waals surface area contributed by atoms with Crippen LogP contribution < -0.4 is 5.32 Å². The van der Waals surface area contributed by atoms with E-state index in [1.54, 1.807) is 0 Å². The Bertz CT molecular complexity index is 1260. The molecule has 1 amide bonds. The first kappa shape index (κ1) is 81.6. The predicted octanol–water partition coefficient (Wildman–Crippen LogP) is 25.1. The molecule has 0 aromatic carbocycles. The third kappa shape index (κ3) is 69.6. The van der Waals surface area contributed by atoms with Gasteiger partial charge >= 0.3 is 5.97 Å². The van der Waals surface area contributed by atoms with Crippen LogP contribution in [0.25, 0.3) is 0 Å². The zero-order chi connectivity index (χ0) is 59.9. The SMILES string of the molecule is CCCCCCCCCCCCCCCCCCCCCC(O)C(CO)NC(=O)CCCCCCCCCCCCCCCCCCC/C=C\CCCCCCCCCCCCCCOC(=O)CCCCCCCCCCCCCCCC. The van der Waals surface area contributed by atoms with E-state index in [-0.39, 0.29) is 18.5 Å². The Balaban J connectivity index is 3.34. The van der Waals surface area contributed by atoms with Gasteiger partial charge in [0, 0.05) is 12.8 Å². The normalized spacial score (nSPS) is 12.5. The highest BCUT2D eigenvalue weighted by atomic mass is 16.5. The molecule has 0 spiro atoms. The van der Waals surface area contributed by atoms with Crippen LogP contribution in [0.4, 0.5) is 0 Å². The van der Waals surface area contributed by atoms with E-state index >= 15 is 0 Å². The summed E-state index contributed by atoms with van der Waals surface area (Å²) >= 11 is 0. The summed E-state index contributed by atoms with van der Waals surface area (Å²) in [5.41, 5.74) is 0. The molecule has 2 unspecified atom stereocenters. The van der Waals surface area contributed by atoms with Crippen LogP contribution in [0, 0.1) is 0 Å². The van der Waals surface area contributed by atoms with Crippen molar-refractivity contribution < 1.29 is 24.5 Å². The number of aliphatic hydroxyl groups excluding tert-OH is 2. The molecule has 6 heteroatoms. The lowest BCUT2D eigenvalue weighted by atomic mass is 10.0. The minimum absolute atomic E-state index is 0.0221. The van der Waals surface area contributed by atoms with Crippen molar-refractivity contribution in [2.45, 2.75) is 456 Å². The van der Waals surface area contributed by atoms with Gasteiger partial charge in [0.15, 0.2) is 0 Å². The van der Waals surface area contributed by atoms with Crippen LogP contribution in [0.15, 0.2) is 12.2 Å². The van der Waals surface area contributed by atoms with Gasteiger partial charge in [-0.2, -0.15) is 0 Å². The maximum atomic E-state index is 12.5. The smallest absolute Gasteiger partial charge is 0.305 e. The molecule has 0 radical (unpaired) electrons. The molecule has 0 saturated carbocycles. The van der Waals surface area contributed by atoms with Crippen molar-refractivity contribution in [1.82, 2.24) is 5.32 Å². The van der Waals surface area contributed by atoms with Crippen LogP contribution in [0.5, 0.6) is 0 Å². The molecule has 6 nitrogen and oxygen atoms in total. The second kappa shape index (κ2) is 73.1. The average Bonchev–Trinajstić information content (AvgIpc) is 3.48. The molecule has 0 aromatic heterocycles. The molecule has 0 fully saturated rings. The molecule has 0 aromatic rings. The van der Waals surface area contributed by atoms with E-state index in [4.69, 9.17) is 4.74 Å². The lowest BCUT2D eigenvalue weighted by Gasteiger charge is -2.22. The van der Waals surface area contributed by atoms with Crippen molar-refractivity contribution in [2.24, 2.45) is 0 Å². The molecule has 0 aliphatic heterocycles. The monoisotopic (exact) mass is 1170 g/mol. The Labute approximate surface area is 520 Å². The number of unbranched alkanes of at least 4 members (excludes halogenated alkanes) is 60. The quantitative estimate of drug-likeness (QED) is 0.0320. The number of esters is 1. The molecule has 83 heavy (non-hydrogen) atoms. The van der Waals surface area contributed by atoms with Gasteiger partial charge in [-0.25, -0.2) is 0 Å². The zero-order valence-corrected chi connectivity index (χ0v) is 56.7. The van der Waals surface area contributed by atoms with Crippen molar-refractivity contribution in [3.05, 3.63) is 12.2 Å². The second-order valence-corrected chi connectivity index (χ2v) is 26.7. The molecule has 0 aliphatic rings. The van der Waals surface area contributed by atoms with Gasteiger partial charge < -0.3 is 20.3 Å². The second-order valence-electron chi connectivity index (χ2n) is 26.7. The first-order valence-electron chi connectivity index (χ1n) is 38.4. The van der Waals surface area contributed by atoms with Crippen molar-refractivity contribution in [2.75, 3.05) is 13.2 Å². The fraction of sp³-hybridized carbons (Fsp3) is 0.948. The number of hydrogen-bond donors (Lipinski definition) is 3. The Morgan fingerprint density at radius 1 is 0.325 bits per heavy atom. The van der Waals surface area contributed by atoms with Gasteiger partial charge in [-0.05, 0) is 51.4 Å². The number of rotatable bonds is 73. The van der Waals surface area contributed by atoms with Crippen molar-refractivity contribution in [3.63, 3.8) is 0 Å². The standard InChI is InChI=1S/C77H151NO5/c1-3-5-7-9-11-13-15-17-19-20-36-39-42-45-49-53-57-61-65-69-75(80)74(73-79)78-76(81)70-66-62-58-54-50-46-43-40-37-34-32-30-28-26-24-22-21-23-25-27-29-31-33-35-38-41-44-48-52-56-60-64-68-72-83-77(82)71-67-63-59-55-51-47-18-16-14-12-10-8-6-4-2/h25,27,74-75,79-80H,3-24,26,28-73H2,1-2H3,(H,78,81)/b27-25-. The summed E-state index contributed by atoms with van der Waals surface area (Å²) in [6, 6.07) is -0.539. The molecular formula is C77H151NO5. The molecule has 494 valence electrons. The van der Waals surface area contributed by atoms with E-state index in [1.165, 1.54) is 372 Å². The van der Waals surface area contributed by atoms with Crippen LogP contribution in [0.3, 0.4) is 0 Å². The summed E-state index contributed by atoms with van der Waals surface area (Å²) in [6.45, 7) is 5.01. The third-order valence-electron chi connectivity index (χ3n) is 18.3. The summed E-state index contributed by atoms with van der Waals surface area (Å²) in [7, 11) is 0. The summed E-state index contributed by atoms with van der Waals surface area (Å²) < 4.78 is 5.50. The summed E-state index contributed by atoms with van der Waals surface area (Å²) in [5.74, 6) is -0.00472. The lowest BCUT2D eigenvalue weighted by Crippen LogP contribution is -2.45. The van der Waals surface area contributed by atoms with E-state index in [1.807, 2.05) is 0 Å². The highest BCUT2D eigenvalue weighted by Crippen LogP contribution is 2.20. The lowest BCUT2D eigenvalue weighted by molar-refractivity contribution is -0.143. The fourth-order valence-corrected chi connectivity index (χ4v) is 12.5. The van der Waals surface area contributed by atoms with Gasteiger partial charge in [0.05, 0.1) is 25.4 Å². The summed E-state index contributed by atoms with van der Waals surface area (Å²) in [4.78, 5) is 24.6. The Hall–Kier alpha value is -1.40. The Morgan fingerprint density at radius 3 is 0.855 bits per heavy atom. The summed E-state index contributed by atoms with van der Waals surface area (Å²) in [6.07, 6.45) is 91.5. The van der Waals surface area contributed by atoms with Crippen molar-refractivity contribution >= 4 is 11.9 Å². The third-order valence-corrected chi connectivity index (χ3v) is 18.3. The molecule has 0 saturated heterocycles. The van der Waals surface area contributed by atoms with Gasteiger partial charge in [-0.1, -0.05) is 392 Å². The summed E-state index contributed by atoms with van der Waals surface area (Å²) in [5, 5.41) is 23.4. The van der Waals surface area contributed by atoms with Gasteiger partial charge in [0.1, 0.15) is 0 Å². The van der Waals surface area contributed by atoms with Gasteiger partial charge in [-0.3, -0.25) is 9.59 Å². The Kier molecular flexibility index (Phi) is 71.8. The van der Waals surface area contributed by atoms with Crippen LogP contribution in [-0.2, 0) is 14.3 Å². The number of ether oxygens (including phenoxy) is 1. The maximum Gasteiger partial charge on any atom is 0.305 e. The van der Waals surface area contributed by atoms with Crippen molar-refractivity contribution in [1.29, 1.82) is 0 Å². The number of hydrogen-bond acceptors (Lipinski definition) is 5. The van der Waals surface area contributed by atoms with E-state index in [2.05, 4.69) is 31.3 Å². The zero-order valence-electron chi connectivity index (χ0n) is 56.7. The fourth-order valence-electron chi connectivity index (χ4n) is 12.5. The molecule has 0 aliphatic carbocycles. The van der Waals surface area contributed by atoms with Gasteiger partial charge in [-0.15, -0.1) is 0 Å². The molecule has 0 rings (SSSR count). The van der Waals surface area contributed by atoms with Gasteiger partial charge in [0.2, 0.25) is 5.91 Å². The van der Waals surface area contributed by atoms with E-state index in [9.17, 15) is 19.8 Å². The predicted molar refractivity (Wildman–Crippen MR) is 366 cm³/mol. The number of amides is 1. The first-order valence-corrected chi connectivity index (χ1v) is 38.4. The number of aliphatic hydroxyl groups is 2. The average molecular weight is 1170 g/mol. The first-order chi connectivity index (χ1) is 41.0. The molecular weight excluding hydrogens is 1020 g/mol. The maximum absolute atomic E-state index is 12.5. The van der Waals surface area contributed by atoms with E-state index in [0.717, 1.165) is 38.5 Å². The highest BCUT2D eigenvalue weighted by molar-refractivity contribution is 5.76. The van der Waals surface area contributed by atoms with Gasteiger partial charge in [0.25, 0.3) is 0 Å². The topological polar surface area (TPSA) is 95.9 Å². The van der Waals surface area contributed by atoms with E-state index in [0.29, 0.717) is 25.9 Å². The molecule has 3 N–H and O–H groups in total. The number of nitrogens with one attached hydrogen (secondary N) is 1. The van der Waals surface area contributed by atoms with Crippen LogP contribution in [-0.4, -0.2) is 47.4 Å². The van der Waals surface area contributed by atoms with Crippen molar-refractivity contribution in [3.8, 4) is 0 Å². The molecule has 2 atom stereocenters. The molecule has 0 bridgehead atoms. The van der Waals surface area contributed by atoms with Crippen LogP contribution >= 0.6 is 0 Å². The number of carbonyl (C=O) groups excluding carboxylic acids is 2. The van der Waals surface area contributed by atoms with Crippen LogP contribution in [0.1, 0.15) is 444 Å². The van der Waals surface area contributed by atoms with E-state index < -0.39 is 12.1 Å². The highest BCUT2D eigenvalue weighted by Gasteiger charge is 2.20. The largest absolute Gasteiger partial charge is 0.466 e. The number of allylic oxidation sites excluding steroid dienone is 2. The molecule has 0 heterocycles. The minimum Gasteiger partial charge on any atom is -0.466 e.